The number of pyridine rings is 1. The standard InChI is InChI=1S/C22H26N4O2S/c1-5-12(2)29-21-25-19-18(20(28)26-21)16(13-7-6-8-23-11-13)17-14(24-19)9-22(3,4)10-15(17)27/h6-9,11-12,16-17H,5,10H2,1-4H3,(H2,24,25,26,28)/t12-,16-,17-/m0/s1. The summed E-state index contributed by atoms with van der Waals surface area (Å²) in [6.07, 6.45) is 6.99. The first-order chi connectivity index (χ1) is 13.8. The third kappa shape index (κ3) is 3.75. The van der Waals surface area contributed by atoms with Gasteiger partial charge in [-0.3, -0.25) is 14.6 Å². The zero-order valence-corrected chi connectivity index (χ0v) is 18.0. The molecule has 152 valence electrons. The predicted molar refractivity (Wildman–Crippen MR) is 115 cm³/mol. The van der Waals surface area contributed by atoms with E-state index in [1.54, 1.807) is 24.2 Å². The van der Waals surface area contributed by atoms with E-state index in [0.29, 0.717) is 28.2 Å². The van der Waals surface area contributed by atoms with E-state index < -0.39 is 11.8 Å². The average Bonchev–Trinajstić information content (AvgIpc) is 2.66. The fraction of sp³-hybridized carbons (Fsp3) is 0.455. The molecule has 7 heteroatoms. The molecule has 0 unspecified atom stereocenters. The predicted octanol–water partition coefficient (Wildman–Crippen LogP) is 4.11. The van der Waals surface area contributed by atoms with Crippen molar-refractivity contribution in [3.63, 3.8) is 0 Å². The van der Waals surface area contributed by atoms with E-state index in [0.717, 1.165) is 17.7 Å². The third-order valence-corrected chi connectivity index (χ3v) is 6.78. The Kier molecular flexibility index (Phi) is 5.11. The molecule has 0 bridgehead atoms. The van der Waals surface area contributed by atoms with Gasteiger partial charge in [0, 0.05) is 35.7 Å². The first kappa shape index (κ1) is 19.9. The van der Waals surface area contributed by atoms with Crippen molar-refractivity contribution >= 4 is 23.4 Å². The molecule has 29 heavy (non-hydrogen) atoms. The summed E-state index contributed by atoms with van der Waals surface area (Å²) >= 11 is 1.55. The summed E-state index contributed by atoms with van der Waals surface area (Å²) < 4.78 is 0. The van der Waals surface area contributed by atoms with Crippen molar-refractivity contribution in [2.75, 3.05) is 5.32 Å². The molecule has 0 amide bonds. The number of nitrogens with zero attached hydrogens (tertiary/aromatic N) is 2. The quantitative estimate of drug-likeness (QED) is 0.582. The topological polar surface area (TPSA) is 87.7 Å². The molecule has 0 saturated carbocycles. The number of Topliss-reactive ketones (excluding diaryl/α,β-unsaturated/α-hetero) is 1. The molecule has 4 rings (SSSR count). The molecule has 2 N–H and O–H groups in total. The zero-order valence-electron chi connectivity index (χ0n) is 17.2. The molecule has 0 saturated heterocycles. The Morgan fingerprint density at radius 3 is 2.79 bits per heavy atom. The number of hydrogen-bond acceptors (Lipinski definition) is 6. The summed E-state index contributed by atoms with van der Waals surface area (Å²) in [5, 5.41) is 4.27. The van der Waals surface area contributed by atoms with Gasteiger partial charge in [-0.1, -0.05) is 51.6 Å². The van der Waals surface area contributed by atoms with Gasteiger partial charge in [-0.05, 0) is 23.5 Å². The van der Waals surface area contributed by atoms with Crippen molar-refractivity contribution in [2.24, 2.45) is 11.3 Å². The lowest BCUT2D eigenvalue weighted by atomic mass is 9.67. The molecule has 6 nitrogen and oxygen atoms in total. The van der Waals surface area contributed by atoms with Crippen LogP contribution in [0.15, 0.2) is 46.3 Å². The molecule has 1 aliphatic carbocycles. The van der Waals surface area contributed by atoms with Gasteiger partial charge in [0.05, 0.1) is 11.5 Å². The van der Waals surface area contributed by atoms with Gasteiger partial charge in [0.2, 0.25) is 0 Å². The maximum absolute atomic E-state index is 13.2. The van der Waals surface area contributed by atoms with Crippen molar-refractivity contribution in [1.82, 2.24) is 15.0 Å². The Bertz CT molecular complexity index is 1030. The van der Waals surface area contributed by atoms with Crippen molar-refractivity contribution in [3.8, 4) is 0 Å². The van der Waals surface area contributed by atoms with E-state index in [9.17, 15) is 9.59 Å². The van der Waals surface area contributed by atoms with Crippen LogP contribution >= 0.6 is 11.8 Å². The summed E-state index contributed by atoms with van der Waals surface area (Å²) in [6.45, 7) is 8.33. The minimum absolute atomic E-state index is 0.136. The number of allylic oxidation sites excluding steroid dienone is 2. The largest absolute Gasteiger partial charge is 0.343 e. The van der Waals surface area contributed by atoms with Crippen molar-refractivity contribution in [2.45, 2.75) is 56.9 Å². The zero-order chi connectivity index (χ0) is 20.8. The molecule has 1 aliphatic heterocycles. The van der Waals surface area contributed by atoms with Crippen LogP contribution in [-0.4, -0.2) is 26.0 Å². The molecule has 0 radical (unpaired) electrons. The van der Waals surface area contributed by atoms with Crippen LogP contribution in [0.5, 0.6) is 0 Å². The number of carbonyl (C=O) groups excluding carboxylic acids is 1. The van der Waals surface area contributed by atoms with Gasteiger partial charge in [0.25, 0.3) is 5.56 Å². The van der Waals surface area contributed by atoms with Gasteiger partial charge in [-0.25, -0.2) is 4.98 Å². The summed E-state index contributed by atoms with van der Waals surface area (Å²) in [4.78, 5) is 38.2. The van der Waals surface area contributed by atoms with Gasteiger partial charge in [0.15, 0.2) is 5.16 Å². The van der Waals surface area contributed by atoms with Crippen LogP contribution in [0.25, 0.3) is 0 Å². The van der Waals surface area contributed by atoms with Crippen LogP contribution in [-0.2, 0) is 4.79 Å². The lowest BCUT2D eigenvalue weighted by Gasteiger charge is -2.40. The van der Waals surface area contributed by atoms with Crippen LogP contribution in [0.4, 0.5) is 5.82 Å². The lowest BCUT2D eigenvalue weighted by Crippen LogP contribution is -2.41. The average molecular weight is 411 g/mol. The van der Waals surface area contributed by atoms with E-state index in [1.807, 2.05) is 12.1 Å². The molecule has 0 spiro atoms. The number of nitrogens with one attached hydrogen (secondary N) is 2. The number of fused-ring (bicyclic) bond motifs is 2. The first-order valence-corrected chi connectivity index (χ1v) is 10.9. The van der Waals surface area contributed by atoms with E-state index in [-0.39, 0.29) is 16.8 Å². The van der Waals surface area contributed by atoms with Crippen molar-refractivity contribution in [3.05, 3.63) is 57.8 Å². The highest BCUT2D eigenvalue weighted by molar-refractivity contribution is 7.99. The Hall–Kier alpha value is -2.41. The van der Waals surface area contributed by atoms with Crippen LogP contribution in [0, 0.1) is 11.3 Å². The number of aromatic nitrogens is 3. The fourth-order valence-corrected chi connectivity index (χ4v) is 5.01. The molecular formula is C22H26N4O2S. The van der Waals surface area contributed by atoms with Crippen molar-refractivity contribution in [1.29, 1.82) is 0 Å². The summed E-state index contributed by atoms with van der Waals surface area (Å²) in [6, 6.07) is 3.77. The summed E-state index contributed by atoms with van der Waals surface area (Å²) in [5.74, 6) is -0.136. The monoisotopic (exact) mass is 410 g/mol. The molecule has 0 fully saturated rings. The summed E-state index contributed by atoms with van der Waals surface area (Å²) in [7, 11) is 0. The Morgan fingerprint density at radius 1 is 1.31 bits per heavy atom. The maximum atomic E-state index is 13.2. The minimum atomic E-state index is -0.421. The lowest BCUT2D eigenvalue weighted by molar-refractivity contribution is -0.124. The Labute approximate surface area is 174 Å². The number of ketones is 1. The number of rotatable bonds is 4. The van der Waals surface area contributed by atoms with Crippen LogP contribution in [0.3, 0.4) is 0 Å². The minimum Gasteiger partial charge on any atom is -0.343 e. The maximum Gasteiger partial charge on any atom is 0.257 e. The normalized spacial score (nSPS) is 23.4. The third-order valence-electron chi connectivity index (χ3n) is 5.63. The van der Waals surface area contributed by atoms with E-state index in [1.165, 1.54) is 0 Å². The highest BCUT2D eigenvalue weighted by Crippen LogP contribution is 2.47. The van der Waals surface area contributed by atoms with Gasteiger partial charge in [0.1, 0.15) is 11.6 Å². The summed E-state index contributed by atoms with van der Waals surface area (Å²) in [5.41, 5.74) is 1.78. The SMILES string of the molecule is CC[C@H](C)Sc1nc2c(c(=O)[nH]1)[C@@H](c1cccnc1)[C@@H]1C(=O)CC(C)(C)C=C1N2. The second-order valence-corrected chi connectivity index (χ2v) is 10.00. The highest BCUT2D eigenvalue weighted by atomic mass is 32.2. The fourth-order valence-electron chi connectivity index (χ4n) is 4.17. The first-order valence-electron chi connectivity index (χ1n) is 10.0. The van der Waals surface area contributed by atoms with Gasteiger partial charge in [-0.15, -0.1) is 0 Å². The van der Waals surface area contributed by atoms with E-state index in [2.05, 4.69) is 49.1 Å². The van der Waals surface area contributed by atoms with E-state index in [4.69, 9.17) is 4.98 Å². The molecule has 0 aromatic carbocycles. The van der Waals surface area contributed by atoms with Gasteiger partial charge >= 0.3 is 0 Å². The number of H-pyrrole nitrogens is 1. The van der Waals surface area contributed by atoms with Gasteiger partial charge in [-0.2, -0.15) is 0 Å². The second kappa shape index (κ2) is 7.44. The molecule has 2 aromatic heterocycles. The van der Waals surface area contributed by atoms with Crippen LogP contribution in [0.1, 0.15) is 57.6 Å². The number of thioether (sulfide) groups is 1. The smallest absolute Gasteiger partial charge is 0.257 e. The molecular weight excluding hydrogens is 384 g/mol. The Balaban J connectivity index is 1.90. The number of hydrogen-bond donors (Lipinski definition) is 2. The van der Waals surface area contributed by atoms with Gasteiger partial charge < -0.3 is 10.3 Å². The highest BCUT2D eigenvalue weighted by Gasteiger charge is 2.45. The molecule has 2 aliphatic rings. The number of anilines is 1. The molecule has 3 heterocycles. The van der Waals surface area contributed by atoms with Crippen LogP contribution in [0.2, 0.25) is 0 Å². The number of carbonyl (C=O) groups is 1. The molecule has 3 atom stereocenters. The Morgan fingerprint density at radius 2 is 2.10 bits per heavy atom. The van der Waals surface area contributed by atoms with E-state index >= 15 is 0 Å². The molecule has 2 aromatic rings. The second-order valence-electron chi connectivity index (χ2n) is 8.57. The van der Waals surface area contributed by atoms with Crippen molar-refractivity contribution < 1.29 is 4.79 Å². The number of aromatic amines is 1. The van der Waals surface area contributed by atoms with Crippen LogP contribution < -0.4 is 10.9 Å².